The Labute approximate surface area is 131 Å². The number of carbonyl (C=O) groups excluding carboxylic acids is 2. The molecule has 118 valence electrons. The number of anilines is 2. The minimum atomic E-state index is -0.0620. The number of rotatable bonds is 3. The van der Waals surface area contributed by atoms with Crippen molar-refractivity contribution in [1.82, 2.24) is 4.90 Å². The van der Waals surface area contributed by atoms with Gasteiger partial charge in [-0.3, -0.25) is 9.59 Å². The summed E-state index contributed by atoms with van der Waals surface area (Å²) in [6.07, 6.45) is 3.34. The van der Waals surface area contributed by atoms with E-state index < -0.39 is 0 Å². The van der Waals surface area contributed by atoms with E-state index in [9.17, 15) is 9.59 Å². The van der Waals surface area contributed by atoms with E-state index in [4.69, 9.17) is 0 Å². The summed E-state index contributed by atoms with van der Waals surface area (Å²) >= 11 is 0. The van der Waals surface area contributed by atoms with Gasteiger partial charge in [0, 0.05) is 50.4 Å². The van der Waals surface area contributed by atoms with E-state index >= 15 is 0 Å². The van der Waals surface area contributed by atoms with Crippen molar-refractivity contribution >= 4 is 23.2 Å². The Hall–Kier alpha value is -2.04. The van der Waals surface area contributed by atoms with Crippen LogP contribution in [0.25, 0.3) is 0 Å². The number of piperazine rings is 1. The van der Waals surface area contributed by atoms with E-state index in [1.807, 2.05) is 23.1 Å². The third-order valence-corrected chi connectivity index (χ3v) is 4.58. The predicted molar refractivity (Wildman–Crippen MR) is 86.9 cm³/mol. The van der Waals surface area contributed by atoms with Gasteiger partial charge in [0.25, 0.3) is 0 Å². The van der Waals surface area contributed by atoms with E-state index in [-0.39, 0.29) is 11.8 Å². The lowest BCUT2D eigenvalue weighted by molar-refractivity contribution is -0.138. The van der Waals surface area contributed by atoms with Crippen molar-refractivity contribution in [2.45, 2.75) is 26.2 Å². The molecule has 1 saturated heterocycles. The molecule has 2 fully saturated rings. The van der Waals surface area contributed by atoms with Gasteiger partial charge in [0.1, 0.15) is 0 Å². The van der Waals surface area contributed by atoms with E-state index in [0.717, 1.165) is 50.4 Å². The highest BCUT2D eigenvalue weighted by Crippen LogP contribution is 2.29. The second-order valence-electron chi connectivity index (χ2n) is 6.17. The molecule has 0 bridgehead atoms. The van der Waals surface area contributed by atoms with Crippen LogP contribution >= 0.6 is 0 Å². The van der Waals surface area contributed by atoms with Gasteiger partial charge in [0.05, 0.1) is 0 Å². The van der Waals surface area contributed by atoms with Gasteiger partial charge in [-0.15, -0.1) is 0 Å². The number of hydrogen-bond acceptors (Lipinski definition) is 3. The predicted octanol–water partition coefficient (Wildman–Crippen LogP) is 2.09. The normalized spacial score (nSPS) is 18.8. The molecule has 1 aliphatic heterocycles. The zero-order valence-electron chi connectivity index (χ0n) is 13.0. The summed E-state index contributed by atoms with van der Waals surface area (Å²) in [4.78, 5) is 27.7. The summed E-state index contributed by atoms with van der Waals surface area (Å²) in [7, 11) is 0. The van der Waals surface area contributed by atoms with Crippen LogP contribution in [0, 0.1) is 5.92 Å². The van der Waals surface area contributed by atoms with Gasteiger partial charge in [-0.1, -0.05) is 12.5 Å². The molecule has 0 unspecified atom stereocenters. The van der Waals surface area contributed by atoms with Gasteiger partial charge in [-0.05, 0) is 31.0 Å². The summed E-state index contributed by atoms with van der Waals surface area (Å²) in [5, 5.41) is 2.81. The van der Waals surface area contributed by atoms with E-state index in [2.05, 4.69) is 16.3 Å². The Balaban J connectivity index is 1.58. The Bertz CT molecular complexity index is 561. The van der Waals surface area contributed by atoms with E-state index in [1.165, 1.54) is 13.3 Å². The highest BCUT2D eigenvalue weighted by Gasteiger charge is 2.31. The highest BCUT2D eigenvalue weighted by atomic mass is 16.2. The van der Waals surface area contributed by atoms with Crippen LogP contribution in [0.2, 0.25) is 0 Å². The fourth-order valence-corrected chi connectivity index (χ4v) is 3.08. The molecule has 3 rings (SSSR count). The van der Waals surface area contributed by atoms with Crippen molar-refractivity contribution in [3.8, 4) is 0 Å². The molecule has 2 aliphatic rings. The van der Waals surface area contributed by atoms with Crippen LogP contribution in [-0.4, -0.2) is 42.9 Å². The Morgan fingerprint density at radius 2 is 1.86 bits per heavy atom. The second-order valence-corrected chi connectivity index (χ2v) is 6.17. The number of hydrogen-bond donors (Lipinski definition) is 1. The maximum Gasteiger partial charge on any atom is 0.225 e. The second kappa shape index (κ2) is 6.38. The van der Waals surface area contributed by atoms with E-state index in [1.54, 1.807) is 0 Å². The molecule has 1 saturated carbocycles. The first-order chi connectivity index (χ1) is 10.6. The average molecular weight is 301 g/mol. The van der Waals surface area contributed by atoms with Crippen molar-refractivity contribution in [1.29, 1.82) is 0 Å². The lowest BCUT2D eigenvalue weighted by Gasteiger charge is -2.39. The number of nitrogens with zero attached hydrogens (tertiary/aromatic N) is 2. The van der Waals surface area contributed by atoms with Gasteiger partial charge in [0.2, 0.25) is 11.8 Å². The molecule has 0 aromatic heterocycles. The zero-order chi connectivity index (χ0) is 15.5. The summed E-state index contributed by atoms with van der Waals surface area (Å²) in [5.41, 5.74) is 1.92. The molecule has 0 atom stereocenters. The fourth-order valence-electron chi connectivity index (χ4n) is 3.08. The number of nitrogens with one attached hydrogen (secondary N) is 1. The molecule has 0 radical (unpaired) electrons. The van der Waals surface area contributed by atoms with Crippen LogP contribution < -0.4 is 10.2 Å². The maximum absolute atomic E-state index is 12.3. The maximum atomic E-state index is 12.3. The van der Waals surface area contributed by atoms with Gasteiger partial charge < -0.3 is 15.1 Å². The van der Waals surface area contributed by atoms with Crippen molar-refractivity contribution in [3.05, 3.63) is 24.3 Å². The molecular weight excluding hydrogens is 278 g/mol. The quantitative estimate of drug-likeness (QED) is 0.930. The summed E-state index contributed by atoms with van der Waals surface area (Å²) in [6.45, 7) is 4.79. The van der Waals surface area contributed by atoms with Crippen LogP contribution in [0.1, 0.15) is 26.2 Å². The summed E-state index contributed by atoms with van der Waals surface area (Å²) in [5.74, 6) is 0.570. The van der Waals surface area contributed by atoms with Crippen molar-refractivity contribution in [2.24, 2.45) is 5.92 Å². The molecule has 1 aliphatic carbocycles. The average Bonchev–Trinajstić information content (AvgIpc) is 2.45. The molecule has 1 aromatic rings. The zero-order valence-corrected chi connectivity index (χ0v) is 13.0. The summed E-state index contributed by atoms with van der Waals surface area (Å²) < 4.78 is 0. The van der Waals surface area contributed by atoms with Crippen molar-refractivity contribution < 1.29 is 9.59 Å². The number of carbonyl (C=O) groups is 2. The summed E-state index contributed by atoms with van der Waals surface area (Å²) in [6, 6.07) is 7.88. The SMILES string of the molecule is CC(=O)Nc1cccc(N2CCN(C(=O)C3CCC3)CC2)c1. The Morgan fingerprint density at radius 1 is 1.14 bits per heavy atom. The monoisotopic (exact) mass is 301 g/mol. The first kappa shape index (κ1) is 14.9. The van der Waals surface area contributed by atoms with Crippen LogP contribution in [0.5, 0.6) is 0 Å². The number of benzene rings is 1. The third kappa shape index (κ3) is 3.24. The molecule has 5 nitrogen and oxygen atoms in total. The minimum absolute atomic E-state index is 0.0620. The molecule has 0 spiro atoms. The lowest BCUT2D eigenvalue weighted by atomic mass is 9.84. The first-order valence-corrected chi connectivity index (χ1v) is 8.05. The standard InChI is InChI=1S/C17H23N3O2/c1-13(21)18-15-6-3-7-16(12-15)19-8-10-20(11-9-19)17(22)14-4-2-5-14/h3,6-7,12,14H,2,4-5,8-11H2,1H3,(H,18,21). The lowest BCUT2D eigenvalue weighted by Crippen LogP contribution is -2.51. The van der Waals surface area contributed by atoms with Crippen LogP contribution in [-0.2, 0) is 9.59 Å². The van der Waals surface area contributed by atoms with Crippen molar-refractivity contribution in [2.75, 3.05) is 36.4 Å². The van der Waals surface area contributed by atoms with Crippen LogP contribution in [0.15, 0.2) is 24.3 Å². The van der Waals surface area contributed by atoms with E-state index in [0.29, 0.717) is 5.91 Å². The smallest absolute Gasteiger partial charge is 0.225 e. The molecule has 22 heavy (non-hydrogen) atoms. The van der Waals surface area contributed by atoms with Gasteiger partial charge >= 0.3 is 0 Å². The highest BCUT2D eigenvalue weighted by molar-refractivity contribution is 5.89. The van der Waals surface area contributed by atoms with Gasteiger partial charge in [0.15, 0.2) is 0 Å². The molecule has 1 N–H and O–H groups in total. The van der Waals surface area contributed by atoms with Crippen molar-refractivity contribution in [3.63, 3.8) is 0 Å². The molecule has 1 heterocycles. The molecule has 5 heteroatoms. The topological polar surface area (TPSA) is 52.7 Å². The molecule has 1 aromatic carbocycles. The molecular formula is C17H23N3O2. The van der Waals surface area contributed by atoms with Crippen LogP contribution in [0.3, 0.4) is 0 Å². The fraction of sp³-hybridized carbons (Fsp3) is 0.529. The third-order valence-electron chi connectivity index (χ3n) is 4.58. The van der Waals surface area contributed by atoms with Gasteiger partial charge in [-0.2, -0.15) is 0 Å². The minimum Gasteiger partial charge on any atom is -0.368 e. The Morgan fingerprint density at radius 3 is 2.45 bits per heavy atom. The Kier molecular flexibility index (Phi) is 4.32. The largest absolute Gasteiger partial charge is 0.368 e. The first-order valence-electron chi connectivity index (χ1n) is 8.05. The molecule has 2 amide bonds. The van der Waals surface area contributed by atoms with Crippen LogP contribution in [0.4, 0.5) is 11.4 Å². The van der Waals surface area contributed by atoms with Gasteiger partial charge in [-0.25, -0.2) is 0 Å². The number of amides is 2.